The molecule has 0 aromatic heterocycles. The van der Waals surface area contributed by atoms with E-state index in [9.17, 15) is 0 Å². The molecule has 2 aromatic rings. The highest BCUT2D eigenvalue weighted by Crippen LogP contribution is 2.47. The highest BCUT2D eigenvalue weighted by atomic mass is 14.3. The Morgan fingerprint density at radius 2 is 1.02 bits per heavy atom. The number of allylic oxidation sites excluding steroid dienone is 10. The molecule has 0 N–H and O–H groups in total. The molecule has 4 heteroatoms. The smallest absolute Gasteiger partial charge is 0.0745 e. The third-order valence-electron chi connectivity index (χ3n) is 7.33. The SMILES string of the molecule is CC.CC.CC.CC.[B]C1([B])C(C=C)=C(C=C)c2c1ccc(C)c2/C=C\C.[B]C1([B])C(C=C)=C(C=C)c2cc(/C=C\C)c(C=C)cc21. The molecule has 4 rings (SSSR count). The van der Waals surface area contributed by atoms with E-state index in [2.05, 4.69) is 58.0 Å². The van der Waals surface area contributed by atoms with Gasteiger partial charge < -0.3 is 0 Å². The number of aryl methyl sites for hydroxylation is 1. The van der Waals surface area contributed by atoms with E-state index in [1.165, 1.54) is 5.56 Å². The standard InChI is InChI=1S/C18H16B2.C17H16B2.4C2H6/c1-5-9-13-10-15-14(7-3)16(8-4)18(19,20)17(15)11-12(13)6-2;1-5-8-13-11(4)9-10-15-16(13)12(6-2)14(7-3)17(15,18)19;4*1-2/h5-11H,2-4H2,1H3;5-10H,2-3H2,1,4H3;4*1-2H3/b9-5-;8-5-;;;;. The van der Waals surface area contributed by atoms with Crippen molar-refractivity contribution < 1.29 is 0 Å². The maximum Gasteiger partial charge on any atom is 0.0745 e. The molecule has 0 atom stereocenters. The van der Waals surface area contributed by atoms with E-state index >= 15 is 0 Å². The first-order valence-electron chi connectivity index (χ1n) is 16.9. The monoisotopic (exact) mass is 616 g/mol. The van der Waals surface area contributed by atoms with Gasteiger partial charge in [0.25, 0.3) is 0 Å². The number of fused-ring (bicyclic) bond motifs is 2. The summed E-state index contributed by atoms with van der Waals surface area (Å²) in [5, 5.41) is -2.03. The lowest BCUT2D eigenvalue weighted by Gasteiger charge is -2.24. The van der Waals surface area contributed by atoms with E-state index < -0.39 is 10.4 Å². The van der Waals surface area contributed by atoms with Crippen LogP contribution >= 0.6 is 0 Å². The van der Waals surface area contributed by atoms with Gasteiger partial charge in [0.2, 0.25) is 0 Å². The molecule has 47 heavy (non-hydrogen) atoms. The van der Waals surface area contributed by atoms with Gasteiger partial charge in [-0.25, -0.2) is 0 Å². The van der Waals surface area contributed by atoms with Crippen LogP contribution in [0.5, 0.6) is 0 Å². The van der Waals surface area contributed by atoms with Crippen LogP contribution in [0.1, 0.15) is 114 Å². The zero-order chi connectivity index (χ0) is 37.1. The van der Waals surface area contributed by atoms with Crippen molar-refractivity contribution in [1.82, 2.24) is 0 Å². The third-order valence-corrected chi connectivity index (χ3v) is 7.33. The van der Waals surface area contributed by atoms with E-state index in [0.29, 0.717) is 0 Å². The predicted molar refractivity (Wildman–Crippen MR) is 224 cm³/mol. The van der Waals surface area contributed by atoms with Gasteiger partial charge in [0.1, 0.15) is 0 Å². The van der Waals surface area contributed by atoms with Crippen LogP contribution in [0.3, 0.4) is 0 Å². The van der Waals surface area contributed by atoms with Crippen molar-refractivity contribution in [1.29, 1.82) is 0 Å². The Hall–Kier alpha value is -3.64. The zero-order valence-corrected chi connectivity index (χ0v) is 31.4. The van der Waals surface area contributed by atoms with Crippen LogP contribution in [0, 0.1) is 6.92 Å². The van der Waals surface area contributed by atoms with E-state index in [1.54, 1.807) is 18.2 Å². The van der Waals surface area contributed by atoms with Crippen LogP contribution in [-0.4, -0.2) is 31.4 Å². The molecule has 0 nitrogen and oxygen atoms in total. The van der Waals surface area contributed by atoms with Gasteiger partial charge in [-0.2, -0.15) is 0 Å². The first-order valence-corrected chi connectivity index (χ1v) is 16.9. The summed E-state index contributed by atoms with van der Waals surface area (Å²) in [4.78, 5) is 0. The Balaban J connectivity index is 0. The molecule has 8 radical (unpaired) electrons. The molecule has 0 heterocycles. The molecule has 0 saturated carbocycles. The van der Waals surface area contributed by atoms with Crippen molar-refractivity contribution in [3.63, 3.8) is 0 Å². The topological polar surface area (TPSA) is 0 Å². The van der Waals surface area contributed by atoms with Gasteiger partial charge in [0.05, 0.1) is 31.4 Å². The minimum absolute atomic E-state index is 0.801. The number of benzene rings is 2. The maximum atomic E-state index is 6.31. The van der Waals surface area contributed by atoms with Crippen molar-refractivity contribution >= 4 is 60.8 Å². The van der Waals surface area contributed by atoms with Crippen molar-refractivity contribution in [3.8, 4) is 0 Å². The van der Waals surface area contributed by atoms with E-state index in [0.717, 1.165) is 61.2 Å². The molecule has 0 unspecified atom stereocenters. The maximum absolute atomic E-state index is 6.31. The molecule has 0 aliphatic heterocycles. The largest absolute Gasteiger partial charge is 0.0988 e. The lowest BCUT2D eigenvalue weighted by molar-refractivity contribution is 1.07. The number of hydrogen-bond donors (Lipinski definition) is 0. The van der Waals surface area contributed by atoms with Gasteiger partial charge in [-0.05, 0) is 93.6 Å². The van der Waals surface area contributed by atoms with Crippen LogP contribution < -0.4 is 0 Å². The fourth-order valence-corrected chi connectivity index (χ4v) is 5.44. The average molecular weight is 616 g/mol. The zero-order valence-electron chi connectivity index (χ0n) is 31.4. The summed E-state index contributed by atoms with van der Waals surface area (Å²) in [6.07, 6.45) is 17.0. The van der Waals surface area contributed by atoms with Crippen LogP contribution in [0.25, 0.3) is 29.4 Å². The molecule has 0 amide bonds. The minimum Gasteiger partial charge on any atom is -0.0988 e. The highest BCUT2D eigenvalue weighted by Gasteiger charge is 2.36. The summed E-state index contributed by atoms with van der Waals surface area (Å²) in [7, 11) is 25.2. The van der Waals surface area contributed by atoms with Crippen LogP contribution in [0.15, 0.2) is 105 Å². The molecule has 0 fully saturated rings. The van der Waals surface area contributed by atoms with Crippen molar-refractivity contribution in [2.45, 2.75) is 86.6 Å². The quantitative estimate of drug-likeness (QED) is 0.272. The second-order valence-corrected chi connectivity index (χ2v) is 9.66. The molecular formula is C43H56B4. The lowest BCUT2D eigenvalue weighted by atomic mass is 9.49. The molecule has 2 aromatic carbocycles. The molecular weight excluding hydrogens is 560 g/mol. The Morgan fingerprint density at radius 1 is 0.553 bits per heavy atom. The summed E-state index contributed by atoms with van der Waals surface area (Å²) in [5.41, 5.74) is 11.9. The summed E-state index contributed by atoms with van der Waals surface area (Å²) >= 11 is 0. The van der Waals surface area contributed by atoms with Crippen LogP contribution in [-0.2, 0) is 10.4 Å². The highest BCUT2D eigenvalue weighted by molar-refractivity contribution is 6.45. The van der Waals surface area contributed by atoms with Crippen LogP contribution in [0.2, 0.25) is 0 Å². The van der Waals surface area contributed by atoms with Gasteiger partial charge in [-0.3, -0.25) is 0 Å². The fraction of sp³-hybridized carbons (Fsp3) is 0.302. The van der Waals surface area contributed by atoms with Gasteiger partial charge in [-0.15, -0.1) is 0 Å². The van der Waals surface area contributed by atoms with E-state index in [4.69, 9.17) is 31.4 Å². The van der Waals surface area contributed by atoms with Crippen molar-refractivity contribution in [3.05, 3.63) is 149 Å². The average Bonchev–Trinajstić information content (AvgIpc) is 3.46. The predicted octanol–water partition coefficient (Wildman–Crippen LogP) is 11.8. The molecule has 0 saturated heterocycles. The first-order chi connectivity index (χ1) is 22.5. The van der Waals surface area contributed by atoms with Crippen molar-refractivity contribution in [2.24, 2.45) is 0 Å². The first kappa shape index (κ1) is 45.5. The summed E-state index contributed by atoms with van der Waals surface area (Å²) in [6, 6.07) is 8.12. The Labute approximate surface area is 295 Å². The Kier molecular flexibility index (Phi) is 21.3. The lowest BCUT2D eigenvalue weighted by Crippen LogP contribution is -2.26. The molecule has 240 valence electrons. The second-order valence-electron chi connectivity index (χ2n) is 9.66. The number of hydrogen-bond acceptors (Lipinski definition) is 0. The van der Waals surface area contributed by atoms with Gasteiger partial charge in [0, 0.05) is 0 Å². The molecule has 2 aliphatic carbocycles. The van der Waals surface area contributed by atoms with Crippen molar-refractivity contribution in [2.75, 3.05) is 0 Å². The van der Waals surface area contributed by atoms with Gasteiger partial charge in [0.15, 0.2) is 0 Å². The minimum atomic E-state index is -1.03. The van der Waals surface area contributed by atoms with E-state index in [-0.39, 0.29) is 0 Å². The Bertz CT molecular complexity index is 1500. The third kappa shape index (κ3) is 9.47. The normalized spacial score (nSPS) is 14.2. The summed E-state index contributed by atoms with van der Waals surface area (Å²) < 4.78 is 0. The Morgan fingerprint density at radius 3 is 1.45 bits per heavy atom. The van der Waals surface area contributed by atoms with Crippen LogP contribution in [0.4, 0.5) is 0 Å². The second kappa shape index (κ2) is 22.0. The molecule has 0 spiro atoms. The van der Waals surface area contributed by atoms with Gasteiger partial charge in [-0.1, -0.05) is 172 Å². The fourth-order valence-electron chi connectivity index (χ4n) is 5.44. The van der Waals surface area contributed by atoms with E-state index in [1.807, 2.05) is 112 Å². The summed E-state index contributed by atoms with van der Waals surface area (Å²) in [5.74, 6) is 0. The molecule has 2 aliphatic rings. The summed E-state index contributed by atoms with van der Waals surface area (Å²) in [6.45, 7) is 41.3. The van der Waals surface area contributed by atoms with Gasteiger partial charge >= 0.3 is 0 Å². The molecule has 0 bridgehead atoms. The number of rotatable bonds is 7.